The van der Waals surface area contributed by atoms with E-state index in [1.807, 2.05) is 19.9 Å². The van der Waals surface area contributed by atoms with Gasteiger partial charge in [0, 0.05) is 6.42 Å². The lowest BCUT2D eigenvalue weighted by atomic mass is 9.85. The quantitative estimate of drug-likeness (QED) is 0.843. The summed E-state index contributed by atoms with van der Waals surface area (Å²) in [5.74, 6) is -0.505. The van der Waals surface area contributed by atoms with Crippen LogP contribution in [-0.2, 0) is 0 Å². The van der Waals surface area contributed by atoms with Crippen molar-refractivity contribution in [1.29, 1.82) is 5.26 Å². The summed E-state index contributed by atoms with van der Waals surface area (Å²) in [7, 11) is 0. The van der Waals surface area contributed by atoms with Gasteiger partial charge in [-0.25, -0.2) is 4.79 Å². The molecule has 0 bridgehead atoms. The van der Waals surface area contributed by atoms with Crippen LogP contribution in [0, 0.1) is 17.2 Å². The summed E-state index contributed by atoms with van der Waals surface area (Å²) >= 11 is 0. The van der Waals surface area contributed by atoms with Gasteiger partial charge in [-0.3, -0.25) is 0 Å². The highest BCUT2D eigenvalue weighted by atomic mass is 16.4. The first kappa shape index (κ1) is 12.3. The molecule has 0 spiro atoms. The monoisotopic (exact) mass is 217 g/mol. The standard InChI is InChI=1S/C13H15NO2/c1-9(2)12(6-7-14)10-4-3-5-11(8-10)13(15)16/h3-5,8-9,12H,6H2,1-2H3,(H,15,16). The summed E-state index contributed by atoms with van der Waals surface area (Å²) in [6, 6.07) is 8.98. The highest BCUT2D eigenvalue weighted by molar-refractivity contribution is 5.87. The minimum Gasteiger partial charge on any atom is -0.478 e. The summed E-state index contributed by atoms with van der Waals surface area (Å²) in [6.45, 7) is 4.07. The first-order chi connectivity index (χ1) is 7.56. The van der Waals surface area contributed by atoms with E-state index in [1.54, 1.807) is 18.2 Å². The number of carboxylic acids is 1. The van der Waals surface area contributed by atoms with Crippen LogP contribution in [0.4, 0.5) is 0 Å². The van der Waals surface area contributed by atoms with Crippen molar-refractivity contribution < 1.29 is 9.90 Å². The maximum Gasteiger partial charge on any atom is 0.335 e. The molecule has 0 aromatic heterocycles. The Morgan fingerprint density at radius 1 is 1.50 bits per heavy atom. The fraction of sp³-hybridized carbons (Fsp3) is 0.385. The van der Waals surface area contributed by atoms with E-state index in [9.17, 15) is 4.79 Å². The molecule has 84 valence electrons. The van der Waals surface area contributed by atoms with Crippen LogP contribution in [0.15, 0.2) is 24.3 Å². The molecule has 0 amide bonds. The van der Waals surface area contributed by atoms with E-state index in [4.69, 9.17) is 10.4 Å². The predicted molar refractivity (Wildman–Crippen MR) is 61.2 cm³/mol. The minimum atomic E-state index is -0.929. The fourth-order valence-corrected chi connectivity index (χ4v) is 1.74. The van der Waals surface area contributed by atoms with Crippen molar-refractivity contribution in [2.45, 2.75) is 26.2 Å². The third-order valence-electron chi connectivity index (χ3n) is 2.68. The second kappa shape index (κ2) is 5.32. The molecule has 3 heteroatoms. The summed E-state index contributed by atoms with van der Waals surface area (Å²) in [4.78, 5) is 10.8. The van der Waals surface area contributed by atoms with Gasteiger partial charge in [0.15, 0.2) is 0 Å². The van der Waals surface area contributed by atoms with Gasteiger partial charge in [-0.1, -0.05) is 26.0 Å². The Morgan fingerprint density at radius 2 is 2.19 bits per heavy atom. The van der Waals surface area contributed by atoms with E-state index < -0.39 is 5.97 Å². The van der Waals surface area contributed by atoms with Crippen molar-refractivity contribution in [3.8, 4) is 6.07 Å². The normalized spacial score (nSPS) is 12.1. The molecule has 0 radical (unpaired) electrons. The second-order valence-corrected chi connectivity index (χ2v) is 4.14. The van der Waals surface area contributed by atoms with E-state index in [0.29, 0.717) is 12.3 Å². The van der Waals surface area contributed by atoms with Crippen molar-refractivity contribution in [2.24, 2.45) is 5.92 Å². The number of carbonyl (C=O) groups is 1. The minimum absolute atomic E-state index is 0.101. The Morgan fingerprint density at radius 3 is 2.69 bits per heavy atom. The van der Waals surface area contributed by atoms with Crippen LogP contribution >= 0.6 is 0 Å². The molecular weight excluding hydrogens is 202 g/mol. The molecule has 0 aliphatic carbocycles. The average molecular weight is 217 g/mol. The summed E-state index contributed by atoms with van der Waals surface area (Å²) < 4.78 is 0. The molecule has 0 heterocycles. The van der Waals surface area contributed by atoms with Gasteiger partial charge in [0.1, 0.15) is 0 Å². The van der Waals surface area contributed by atoms with E-state index in [0.717, 1.165) is 5.56 Å². The number of rotatable bonds is 4. The molecule has 1 aromatic rings. The Kier molecular flexibility index (Phi) is 4.07. The van der Waals surface area contributed by atoms with Gasteiger partial charge in [0.2, 0.25) is 0 Å². The number of carboxylic acid groups (broad SMARTS) is 1. The number of aromatic carboxylic acids is 1. The molecule has 1 rings (SSSR count). The first-order valence-electron chi connectivity index (χ1n) is 5.26. The number of nitriles is 1. The molecule has 0 aliphatic rings. The Hall–Kier alpha value is -1.82. The van der Waals surface area contributed by atoms with Crippen LogP contribution in [0.25, 0.3) is 0 Å². The van der Waals surface area contributed by atoms with Crippen LogP contribution in [0.2, 0.25) is 0 Å². The van der Waals surface area contributed by atoms with Gasteiger partial charge in [0.05, 0.1) is 11.6 Å². The zero-order valence-electron chi connectivity index (χ0n) is 9.47. The lowest BCUT2D eigenvalue weighted by Crippen LogP contribution is -2.07. The number of benzene rings is 1. The molecule has 0 fully saturated rings. The Balaban J connectivity index is 3.06. The number of hydrogen-bond donors (Lipinski definition) is 1. The predicted octanol–water partition coefficient (Wildman–Crippen LogP) is 3.04. The molecule has 0 aliphatic heterocycles. The summed E-state index contributed by atoms with van der Waals surface area (Å²) in [5, 5.41) is 17.7. The highest BCUT2D eigenvalue weighted by Gasteiger charge is 2.16. The average Bonchev–Trinajstić information content (AvgIpc) is 2.25. The molecule has 3 nitrogen and oxygen atoms in total. The number of hydrogen-bond acceptors (Lipinski definition) is 2. The maximum atomic E-state index is 10.8. The smallest absolute Gasteiger partial charge is 0.335 e. The molecular formula is C13H15NO2. The van der Waals surface area contributed by atoms with Gasteiger partial charge in [0.25, 0.3) is 0 Å². The van der Waals surface area contributed by atoms with E-state index in [-0.39, 0.29) is 11.5 Å². The third kappa shape index (κ3) is 2.83. The number of nitrogens with zero attached hydrogens (tertiary/aromatic N) is 1. The van der Waals surface area contributed by atoms with Crippen LogP contribution < -0.4 is 0 Å². The molecule has 1 unspecified atom stereocenters. The molecule has 1 N–H and O–H groups in total. The third-order valence-corrected chi connectivity index (χ3v) is 2.68. The van der Waals surface area contributed by atoms with Crippen LogP contribution in [0.3, 0.4) is 0 Å². The van der Waals surface area contributed by atoms with Gasteiger partial charge >= 0.3 is 5.97 Å². The molecule has 0 saturated heterocycles. The van der Waals surface area contributed by atoms with Gasteiger partial charge in [-0.05, 0) is 29.5 Å². The van der Waals surface area contributed by atoms with Gasteiger partial charge in [-0.15, -0.1) is 0 Å². The van der Waals surface area contributed by atoms with Crippen molar-refractivity contribution in [3.63, 3.8) is 0 Å². The van der Waals surface area contributed by atoms with Crippen molar-refractivity contribution in [3.05, 3.63) is 35.4 Å². The Bertz CT molecular complexity index is 418. The van der Waals surface area contributed by atoms with Gasteiger partial charge < -0.3 is 5.11 Å². The molecule has 0 saturated carbocycles. The zero-order valence-corrected chi connectivity index (χ0v) is 9.47. The van der Waals surface area contributed by atoms with E-state index >= 15 is 0 Å². The second-order valence-electron chi connectivity index (χ2n) is 4.14. The zero-order chi connectivity index (χ0) is 12.1. The SMILES string of the molecule is CC(C)C(CC#N)c1cccc(C(=O)O)c1. The largest absolute Gasteiger partial charge is 0.478 e. The molecule has 1 atom stereocenters. The van der Waals surface area contributed by atoms with Crippen molar-refractivity contribution in [1.82, 2.24) is 0 Å². The van der Waals surface area contributed by atoms with Crippen molar-refractivity contribution >= 4 is 5.97 Å². The molecule has 1 aromatic carbocycles. The van der Waals surface area contributed by atoms with E-state index in [1.165, 1.54) is 0 Å². The maximum absolute atomic E-state index is 10.8. The topological polar surface area (TPSA) is 61.1 Å². The van der Waals surface area contributed by atoms with E-state index in [2.05, 4.69) is 6.07 Å². The van der Waals surface area contributed by atoms with Crippen LogP contribution in [0.5, 0.6) is 0 Å². The lowest BCUT2D eigenvalue weighted by Gasteiger charge is -2.18. The van der Waals surface area contributed by atoms with Crippen LogP contribution in [-0.4, -0.2) is 11.1 Å². The first-order valence-corrected chi connectivity index (χ1v) is 5.26. The molecule has 16 heavy (non-hydrogen) atoms. The van der Waals surface area contributed by atoms with Gasteiger partial charge in [-0.2, -0.15) is 5.26 Å². The lowest BCUT2D eigenvalue weighted by molar-refractivity contribution is 0.0696. The fourth-order valence-electron chi connectivity index (χ4n) is 1.74. The summed E-state index contributed by atoms with van der Waals surface area (Å²) in [5.41, 5.74) is 1.21. The van der Waals surface area contributed by atoms with Crippen LogP contribution in [0.1, 0.15) is 42.1 Å². The highest BCUT2D eigenvalue weighted by Crippen LogP contribution is 2.27. The van der Waals surface area contributed by atoms with Crippen molar-refractivity contribution in [2.75, 3.05) is 0 Å². The summed E-state index contributed by atoms with van der Waals surface area (Å²) in [6.07, 6.45) is 0.417. The Labute approximate surface area is 95.3 Å².